The molecule has 6 heteroatoms. The molecule has 0 saturated heterocycles. The Bertz CT molecular complexity index is 1190. The summed E-state index contributed by atoms with van der Waals surface area (Å²) in [4.78, 5) is 8.50. The van der Waals surface area contributed by atoms with Crippen LogP contribution >= 0.6 is 23.2 Å². The van der Waals surface area contributed by atoms with E-state index in [2.05, 4.69) is 9.97 Å². The Labute approximate surface area is 165 Å². The van der Waals surface area contributed by atoms with Gasteiger partial charge in [-0.1, -0.05) is 59.6 Å². The zero-order valence-corrected chi connectivity index (χ0v) is 15.5. The van der Waals surface area contributed by atoms with Gasteiger partial charge in [0.05, 0.1) is 5.56 Å². The Morgan fingerprint density at radius 3 is 2.44 bits per heavy atom. The molecule has 1 aliphatic rings. The molecule has 3 aromatic carbocycles. The Hall–Kier alpha value is -2.82. The summed E-state index contributed by atoms with van der Waals surface area (Å²) < 4.78 is 6.19. The van der Waals surface area contributed by atoms with Gasteiger partial charge in [0.2, 0.25) is 5.88 Å². The highest BCUT2D eigenvalue weighted by Gasteiger charge is 2.33. The SMILES string of the molecule is Nc1ncnc2c1C(c1ccc(Cl)cc1)c1cc(Cl)c3ccccc3c1O2. The first-order valence-corrected chi connectivity index (χ1v) is 9.14. The van der Waals surface area contributed by atoms with Crippen molar-refractivity contribution in [3.8, 4) is 11.6 Å². The molecule has 0 radical (unpaired) electrons. The van der Waals surface area contributed by atoms with Crippen molar-refractivity contribution in [2.75, 3.05) is 5.73 Å². The van der Waals surface area contributed by atoms with Gasteiger partial charge in [-0.15, -0.1) is 0 Å². The van der Waals surface area contributed by atoms with Crippen molar-refractivity contribution in [2.45, 2.75) is 5.92 Å². The first-order chi connectivity index (χ1) is 13.1. The Balaban J connectivity index is 1.86. The van der Waals surface area contributed by atoms with Crippen LogP contribution in [0.2, 0.25) is 10.0 Å². The lowest BCUT2D eigenvalue weighted by Gasteiger charge is -2.29. The third-order valence-corrected chi connectivity index (χ3v) is 5.42. The maximum atomic E-state index is 6.60. The van der Waals surface area contributed by atoms with Gasteiger partial charge in [-0.25, -0.2) is 9.97 Å². The molecule has 0 spiro atoms. The van der Waals surface area contributed by atoms with E-state index in [0.717, 1.165) is 33.2 Å². The fourth-order valence-electron chi connectivity index (χ4n) is 3.65. The van der Waals surface area contributed by atoms with Crippen molar-refractivity contribution in [3.63, 3.8) is 0 Å². The zero-order valence-electron chi connectivity index (χ0n) is 14.0. The zero-order chi connectivity index (χ0) is 18.5. The average molecular weight is 394 g/mol. The number of halogens is 2. The van der Waals surface area contributed by atoms with Crippen LogP contribution in [0, 0.1) is 0 Å². The van der Waals surface area contributed by atoms with Crippen molar-refractivity contribution in [3.05, 3.63) is 87.7 Å². The van der Waals surface area contributed by atoms with Gasteiger partial charge >= 0.3 is 0 Å². The molecule has 1 unspecified atom stereocenters. The predicted octanol–water partition coefficient (Wildman–Crippen LogP) is 5.80. The van der Waals surface area contributed by atoms with E-state index in [-0.39, 0.29) is 5.92 Å². The normalized spacial score (nSPS) is 15.1. The molecule has 0 bridgehead atoms. The molecule has 1 aliphatic heterocycles. The summed E-state index contributed by atoms with van der Waals surface area (Å²) in [5.74, 6) is 1.38. The maximum absolute atomic E-state index is 6.60. The molecule has 4 aromatic rings. The molecule has 5 rings (SSSR count). The van der Waals surface area contributed by atoms with Crippen molar-refractivity contribution in [1.82, 2.24) is 9.97 Å². The molecule has 0 saturated carbocycles. The van der Waals surface area contributed by atoms with Crippen LogP contribution in [0.4, 0.5) is 5.82 Å². The largest absolute Gasteiger partial charge is 0.438 e. The standard InChI is InChI=1S/C21H13Cl2N3O/c22-12-7-5-11(6-8-12)17-15-9-16(23)13-3-1-2-4-14(13)19(15)27-21-18(17)20(24)25-10-26-21/h1-10,17H,(H2,24,25,26). The van der Waals surface area contributed by atoms with Gasteiger partial charge in [0.1, 0.15) is 17.9 Å². The molecule has 0 aliphatic carbocycles. The average Bonchev–Trinajstić information content (AvgIpc) is 2.68. The van der Waals surface area contributed by atoms with Crippen molar-refractivity contribution >= 4 is 39.8 Å². The van der Waals surface area contributed by atoms with E-state index in [4.69, 9.17) is 33.7 Å². The first-order valence-electron chi connectivity index (χ1n) is 8.38. The van der Waals surface area contributed by atoms with Crippen molar-refractivity contribution < 1.29 is 4.74 Å². The summed E-state index contributed by atoms with van der Waals surface area (Å²) in [7, 11) is 0. The number of aromatic nitrogens is 2. The van der Waals surface area contributed by atoms with E-state index >= 15 is 0 Å². The molecular formula is C21H13Cl2N3O. The monoisotopic (exact) mass is 393 g/mol. The van der Waals surface area contributed by atoms with Crippen LogP contribution < -0.4 is 10.5 Å². The number of nitrogen functional groups attached to an aromatic ring is 1. The Kier molecular flexibility index (Phi) is 3.71. The number of nitrogens with zero attached hydrogens (tertiary/aromatic N) is 2. The van der Waals surface area contributed by atoms with E-state index in [0.29, 0.717) is 21.7 Å². The second-order valence-electron chi connectivity index (χ2n) is 6.39. The fraction of sp³-hybridized carbons (Fsp3) is 0.0476. The molecule has 2 heterocycles. The lowest BCUT2D eigenvalue weighted by atomic mass is 9.82. The smallest absolute Gasteiger partial charge is 0.228 e. The van der Waals surface area contributed by atoms with E-state index in [1.807, 2.05) is 54.6 Å². The molecule has 4 nitrogen and oxygen atoms in total. The third-order valence-electron chi connectivity index (χ3n) is 4.85. The lowest BCUT2D eigenvalue weighted by Crippen LogP contribution is -2.16. The summed E-state index contributed by atoms with van der Waals surface area (Å²) in [5.41, 5.74) is 8.89. The third kappa shape index (κ3) is 2.52. The summed E-state index contributed by atoms with van der Waals surface area (Å²) in [6, 6.07) is 17.5. The van der Waals surface area contributed by atoms with E-state index in [9.17, 15) is 0 Å². The second-order valence-corrected chi connectivity index (χ2v) is 7.23. The number of hydrogen-bond acceptors (Lipinski definition) is 4. The van der Waals surface area contributed by atoms with Crippen LogP contribution in [0.1, 0.15) is 22.6 Å². The van der Waals surface area contributed by atoms with Crippen molar-refractivity contribution in [1.29, 1.82) is 0 Å². The number of benzene rings is 3. The fourth-order valence-corrected chi connectivity index (χ4v) is 4.06. The molecule has 0 fully saturated rings. The molecule has 132 valence electrons. The summed E-state index contributed by atoms with van der Waals surface area (Å²) in [6.45, 7) is 0. The summed E-state index contributed by atoms with van der Waals surface area (Å²) in [6.07, 6.45) is 1.41. The second kappa shape index (κ2) is 6.12. The van der Waals surface area contributed by atoms with Gasteiger partial charge in [-0.2, -0.15) is 0 Å². The minimum Gasteiger partial charge on any atom is -0.438 e. The van der Waals surface area contributed by atoms with E-state index in [1.54, 1.807) is 0 Å². The van der Waals surface area contributed by atoms with Crippen molar-refractivity contribution in [2.24, 2.45) is 0 Å². The highest BCUT2D eigenvalue weighted by Crippen LogP contribution is 2.51. The number of nitrogens with two attached hydrogens (primary N) is 1. The van der Waals surface area contributed by atoms with Gasteiger partial charge in [-0.3, -0.25) is 0 Å². The molecule has 27 heavy (non-hydrogen) atoms. The predicted molar refractivity (Wildman–Crippen MR) is 108 cm³/mol. The van der Waals surface area contributed by atoms with Gasteiger partial charge < -0.3 is 10.5 Å². The molecular weight excluding hydrogens is 381 g/mol. The van der Waals surface area contributed by atoms with Gasteiger partial charge in [0, 0.05) is 32.3 Å². The molecule has 1 aromatic heterocycles. The lowest BCUT2D eigenvalue weighted by molar-refractivity contribution is 0.438. The van der Waals surface area contributed by atoms with E-state index in [1.165, 1.54) is 6.33 Å². The Morgan fingerprint density at radius 1 is 0.926 bits per heavy atom. The van der Waals surface area contributed by atoms with Crippen LogP contribution in [0.15, 0.2) is 60.9 Å². The minimum absolute atomic E-state index is 0.204. The first kappa shape index (κ1) is 16.4. The molecule has 2 N–H and O–H groups in total. The number of rotatable bonds is 1. The maximum Gasteiger partial charge on any atom is 0.228 e. The summed E-state index contributed by atoms with van der Waals surface area (Å²) >= 11 is 12.7. The van der Waals surface area contributed by atoms with Crippen LogP contribution in [-0.2, 0) is 0 Å². The van der Waals surface area contributed by atoms with E-state index < -0.39 is 0 Å². The minimum atomic E-state index is -0.204. The van der Waals surface area contributed by atoms with Gasteiger partial charge in [0.25, 0.3) is 0 Å². The topological polar surface area (TPSA) is 61.0 Å². The number of hydrogen-bond donors (Lipinski definition) is 1. The van der Waals surface area contributed by atoms with Gasteiger partial charge in [0.15, 0.2) is 0 Å². The van der Waals surface area contributed by atoms with Crippen LogP contribution in [0.5, 0.6) is 11.6 Å². The van der Waals surface area contributed by atoms with Crippen LogP contribution in [0.25, 0.3) is 10.8 Å². The van der Waals surface area contributed by atoms with Crippen LogP contribution in [-0.4, -0.2) is 9.97 Å². The summed E-state index contributed by atoms with van der Waals surface area (Å²) in [5, 5.41) is 3.19. The Morgan fingerprint density at radius 2 is 1.67 bits per heavy atom. The number of ether oxygens (including phenoxy) is 1. The van der Waals surface area contributed by atoms with Gasteiger partial charge in [-0.05, 0) is 23.8 Å². The number of fused-ring (bicyclic) bond motifs is 4. The molecule has 1 atom stereocenters. The highest BCUT2D eigenvalue weighted by atomic mass is 35.5. The number of anilines is 1. The highest BCUT2D eigenvalue weighted by molar-refractivity contribution is 6.36. The molecule has 0 amide bonds. The van der Waals surface area contributed by atoms with Crippen LogP contribution in [0.3, 0.4) is 0 Å². The quantitative estimate of drug-likeness (QED) is 0.390.